The molecule has 0 spiro atoms. The van der Waals surface area contributed by atoms with Crippen molar-refractivity contribution in [2.45, 2.75) is 26.8 Å². The van der Waals surface area contributed by atoms with Gasteiger partial charge in [-0.05, 0) is 30.2 Å². The number of fused-ring (bicyclic) bond motifs is 1. The predicted molar refractivity (Wildman–Crippen MR) is 109 cm³/mol. The third-order valence-electron chi connectivity index (χ3n) is 4.56. The van der Waals surface area contributed by atoms with E-state index in [4.69, 9.17) is 11.6 Å². The van der Waals surface area contributed by atoms with Crippen molar-refractivity contribution >= 4 is 28.4 Å². The number of nitrogens with zero attached hydrogens (tertiary/aromatic N) is 3. The van der Waals surface area contributed by atoms with Gasteiger partial charge in [0.2, 0.25) is 5.91 Å². The number of carbonyl (C=O) groups excluding carboxylic acids is 1. The summed E-state index contributed by atoms with van der Waals surface area (Å²) in [4.78, 5) is 30.8. The van der Waals surface area contributed by atoms with E-state index < -0.39 is 0 Å². The lowest BCUT2D eigenvalue weighted by Gasteiger charge is -2.20. The molecule has 5 nitrogen and oxygen atoms in total. The first-order valence-corrected chi connectivity index (χ1v) is 9.29. The molecule has 0 bridgehead atoms. The van der Waals surface area contributed by atoms with Crippen molar-refractivity contribution in [1.29, 1.82) is 0 Å². The number of carbonyl (C=O) groups is 1. The minimum absolute atomic E-state index is 0.0661. The van der Waals surface area contributed by atoms with E-state index in [0.717, 1.165) is 24.1 Å². The standard InChI is InChI=1S/C21H22ClN3O2/c1-4-11-25(14(2)26)13-15-5-7-16(8-6-15)20-23-19-12-17(22)9-10-18(19)21(27)24(20)3/h5-10,12H,4,11,13H2,1-3H3. The van der Waals surface area contributed by atoms with E-state index in [-0.39, 0.29) is 11.5 Å². The Morgan fingerprint density at radius 3 is 2.52 bits per heavy atom. The number of amides is 1. The van der Waals surface area contributed by atoms with E-state index in [2.05, 4.69) is 11.9 Å². The Kier molecular flexibility index (Phi) is 5.61. The zero-order valence-electron chi connectivity index (χ0n) is 15.7. The maximum atomic E-state index is 12.6. The first kappa shape index (κ1) is 19.1. The van der Waals surface area contributed by atoms with Crippen LogP contribution in [0.5, 0.6) is 0 Å². The first-order chi connectivity index (χ1) is 12.9. The summed E-state index contributed by atoms with van der Waals surface area (Å²) in [5.74, 6) is 0.648. The van der Waals surface area contributed by atoms with Gasteiger partial charge < -0.3 is 4.90 Å². The molecule has 2 aromatic carbocycles. The van der Waals surface area contributed by atoms with Crippen LogP contribution in [-0.2, 0) is 18.4 Å². The van der Waals surface area contributed by atoms with E-state index >= 15 is 0 Å². The van der Waals surface area contributed by atoms with Crippen LogP contribution in [0.25, 0.3) is 22.3 Å². The van der Waals surface area contributed by atoms with Gasteiger partial charge in [0.15, 0.2) is 0 Å². The van der Waals surface area contributed by atoms with Crippen LogP contribution in [0.2, 0.25) is 5.02 Å². The van der Waals surface area contributed by atoms with Crippen molar-refractivity contribution in [3.63, 3.8) is 0 Å². The van der Waals surface area contributed by atoms with Crippen molar-refractivity contribution in [2.24, 2.45) is 7.05 Å². The summed E-state index contributed by atoms with van der Waals surface area (Å²) in [6, 6.07) is 12.9. The molecule has 0 saturated carbocycles. The first-order valence-electron chi connectivity index (χ1n) is 8.91. The average molecular weight is 384 g/mol. The molecule has 0 aliphatic heterocycles. The molecular formula is C21H22ClN3O2. The third kappa shape index (κ3) is 4.03. The second kappa shape index (κ2) is 7.92. The summed E-state index contributed by atoms with van der Waals surface area (Å²) in [6.07, 6.45) is 0.920. The van der Waals surface area contributed by atoms with Gasteiger partial charge in [0.1, 0.15) is 5.82 Å². The number of rotatable bonds is 5. The minimum atomic E-state index is -0.110. The van der Waals surface area contributed by atoms with Crippen LogP contribution in [0.3, 0.4) is 0 Å². The van der Waals surface area contributed by atoms with E-state index in [0.29, 0.717) is 28.3 Å². The summed E-state index contributed by atoms with van der Waals surface area (Å²) < 4.78 is 1.55. The summed E-state index contributed by atoms with van der Waals surface area (Å²) in [5.41, 5.74) is 2.35. The van der Waals surface area contributed by atoms with Gasteiger partial charge in [-0.3, -0.25) is 14.2 Å². The molecule has 6 heteroatoms. The topological polar surface area (TPSA) is 55.2 Å². The Hall–Kier alpha value is -2.66. The van der Waals surface area contributed by atoms with E-state index in [1.165, 1.54) is 0 Å². The number of halogens is 1. The summed E-state index contributed by atoms with van der Waals surface area (Å²) in [5, 5.41) is 1.09. The van der Waals surface area contributed by atoms with Crippen LogP contribution >= 0.6 is 11.6 Å². The molecular weight excluding hydrogens is 362 g/mol. The number of hydrogen-bond acceptors (Lipinski definition) is 3. The summed E-state index contributed by atoms with van der Waals surface area (Å²) >= 11 is 6.05. The quantitative estimate of drug-likeness (QED) is 0.668. The predicted octanol–water partition coefficient (Wildman–Crippen LogP) is 4.01. The number of benzene rings is 2. The SMILES string of the molecule is CCCN(Cc1ccc(-c2nc3cc(Cl)ccc3c(=O)n2C)cc1)C(C)=O. The van der Waals surface area contributed by atoms with Gasteiger partial charge in [-0.1, -0.05) is 42.8 Å². The lowest BCUT2D eigenvalue weighted by Crippen LogP contribution is -2.28. The second-order valence-electron chi connectivity index (χ2n) is 6.60. The fraction of sp³-hybridized carbons (Fsp3) is 0.286. The largest absolute Gasteiger partial charge is 0.339 e. The molecule has 0 aliphatic carbocycles. The van der Waals surface area contributed by atoms with E-state index in [1.807, 2.05) is 29.2 Å². The van der Waals surface area contributed by atoms with Gasteiger partial charge in [0, 0.05) is 37.6 Å². The molecule has 0 radical (unpaired) electrons. The van der Waals surface area contributed by atoms with Crippen molar-refractivity contribution in [3.05, 3.63) is 63.4 Å². The van der Waals surface area contributed by atoms with Crippen LogP contribution in [0.4, 0.5) is 0 Å². The third-order valence-corrected chi connectivity index (χ3v) is 4.80. The molecule has 27 heavy (non-hydrogen) atoms. The summed E-state index contributed by atoms with van der Waals surface area (Å²) in [7, 11) is 1.71. The van der Waals surface area contributed by atoms with Crippen LogP contribution in [-0.4, -0.2) is 26.9 Å². The van der Waals surface area contributed by atoms with Crippen LogP contribution in [0.15, 0.2) is 47.3 Å². The lowest BCUT2D eigenvalue weighted by atomic mass is 10.1. The highest BCUT2D eigenvalue weighted by atomic mass is 35.5. The number of aromatic nitrogens is 2. The van der Waals surface area contributed by atoms with Gasteiger partial charge >= 0.3 is 0 Å². The number of hydrogen-bond donors (Lipinski definition) is 0. The highest BCUT2D eigenvalue weighted by molar-refractivity contribution is 6.31. The smallest absolute Gasteiger partial charge is 0.261 e. The van der Waals surface area contributed by atoms with Crippen LogP contribution < -0.4 is 5.56 Å². The summed E-state index contributed by atoms with van der Waals surface area (Å²) in [6.45, 7) is 4.95. The Morgan fingerprint density at radius 2 is 1.89 bits per heavy atom. The lowest BCUT2D eigenvalue weighted by molar-refractivity contribution is -0.129. The van der Waals surface area contributed by atoms with Crippen LogP contribution in [0.1, 0.15) is 25.8 Å². The van der Waals surface area contributed by atoms with Crippen molar-refractivity contribution in [1.82, 2.24) is 14.5 Å². The maximum absolute atomic E-state index is 12.6. The molecule has 0 N–H and O–H groups in total. The van der Waals surface area contributed by atoms with Crippen LogP contribution in [0, 0.1) is 0 Å². The van der Waals surface area contributed by atoms with Gasteiger partial charge in [-0.25, -0.2) is 4.98 Å². The van der Waals surface area contributed by atoms with Crippen molar-refractivity contribution in [3.8, 4) is 11.4 Å². The molecule has 0 aliphatic rings. The zero-order valence-corrected chi connectivity index (χ0v) is 16.5. The molecule has 0 fully saturated rings. The maximum Gasteiger partial charge on any atom is 0.261 e. The Labute approximate surface area is 163 Å². The molecule has 0 atom stereocenters. The van der Waals surface area contributed by atoms with Crippen molar-refractivity contribution in [2.75, 3.05) is 6.54 Å². The van der Waals surface area contributed by atoms with Crippen molar-refractivity contribution < 1.29 is 4.79 Å². The normalized spacial score (nSPS) is 11.0. The highest BCUT2D eigenvalue weighted by Crippen LogP contribution is 2.21. The molecule has 1 aromatic heterocycles. The Morgan fingerprint density at radius 1 is 1.19 bits per heavy atom. The highest BCUT2D eigenvalue weighted by Gasteiger charge is 2.12. The minimum Gasteiger partial charge on any atom is -0.339 e. The molecule has 3 rings (SSSR count). The fourth-order valence-electron chi connectivity index (χ4n) is 3.10. The zero-order chi connectivity index (χ0) is 19.6. The molecule has 1 amide bonds. The van der Waals surface area contributed by atoms with Gasteiger partial charge in [0.05, 0.1) is 10.9 Å². The monoisotopic (exact) mass is 383 g/mol. The second-order valence-corrected chi connectivity index (χ2v) is 7.03. The average Bonchev–Trinajstić information content (AvgIpc) is 2.64. The van der Waals surface area contributed by atoms with Gasteiger partial charge in [0.25, 0.3) is 5.56 Å². The fourth-order valence-corrected chi connectivity index (χ4v) is 3.27. The Balaban J connectivity index is 1.96. The molecule has 1 heterocycles. The Bertz CT molecular complexity index is 1040. The molecule has 140 valence electrons. The van der Waals surface area contributed by atoms with Gasteiger partial charge in [-0.15, -0.1) is 0 Å². The van der Waals surface area contributed by atoms with E-state index in [1.54, 1.807) is 36.7 Å². The van der Waals surface area contributed by atoms with E-state index in [9.17, 15) is 9.59 Å². The molecule has 0 unspecified atom stereocenters. The molecule has 0 saturated heterocycles. The van der Waals surface area contributed by atoms with Gasteiger partial charge in [-0.2, -0.15) is 0 Å². The molecule has 3 aromatic rings.